The Balaban J connectivity index is 1.46. The predicted octanol–water partition coefficient (Wildman–Crippen LogP) is 3.63. The van der Waals surface area contributed by atoms with E-state index in [1.54, 1.807) is 43.3 Å². The second-order valence-corrected chi connectivity index (χ2v) is 12.9. The number of fused-ring (bicyclic) bond motifs is 2. The van der Waals surface area contributed by atoms with Gasteiger partial charge >= 0.3 is 23.9 Å². The number of hydrogen-bond acceptors (Lipinski definition) is 13. The summed E-state index contributed by atoms with van der Waals surface area (Å²) in [5.41, 5.74) is -0.202. The first-order chi connectivity index (χ1) is 23.1. The van der Waals surface area contributed by atoms with Gasteiger partial charge in [0, 0.05) is 43.4 Å². The Labute approximate surface area is 283 Å². The highest BCUT2D eigenvalue weighted by Crippen LogP contribution is 2.51. The number of Topliss-reactive ketones (excluding diaryl/α,β-unsaturated/α-hetero) is 1. The van der Waals surface area contributed by atoms with E-state index in [0.29, 0.717) is 40.9 Å². The fourth-order valence-corrected chi connectivity index (χ4v) is 6.54. The average Bonchev–Trinajstić information content (AvgIpc) is 3.04. The molecule has 7 atom stereocenters. The molecule has 2 aromatic carbocycles. The lowest BCUT2D eigenvalue weighted by Gasteiger charge is -2.43. The molecule has 1 aliphatic carbocycles. The first-order valence-electron chi connectivity index (χ1n) is 15.9. The van der Waals surface area contributed by atoms with Crippen LogP contribution in [0.3, 0.4) is 0 Å². The molecular weight excluding hydrogens is 640 g/mol. The number of rotatable bonds is 8. The highest BCUT2D eigenvalue weighted by Gasteiger charge is 2.56. The normalized spacial score (nSPS) is 27.8. The Bertz CT molecular complexity index is 1680. The molecule has 49 heavy (non-hydrogen) atoms. The molecule has 1 saturated heterocycles. The molecule has 2 heterocycles. The number of carbonyl (C=O) groups is 5. The largest absolute Gasteiger partial charge is 0.487 e. The summed E-state index contributed by atoms with van der Waals surface area (Å²) in [5.74, 6) is -3.86. The number of carbonyl (C=O) groups excluding carboxylic acids is 5. The monoisotopic (exact) mass is 680 g/mol. The Hall–Kier alpha value is -4.75. The van der Waals surface area contributed by atoms with Crippen molar-refractivity contribution in [1.29, 1.82) is 0 Å². The van der Waals surface area contributed by atoms with Crippen LogP contribution in [0.2, 0.25) is 0 Å². The first kappa shape index (κ1) is 35.6. The van der Waals surface area contributed by atoms with E-state index in [1.165, 1.54) is 0 Å². The molecule has 13 nitrogen and oxygen atoms in total. The lowest BCUT2D eigenvalue weighted by Crippen LogP contribution is -2.64. The van der Waals surface area contributed by atoms with Gasteiger partial charge in [-0.05, 0) is 44.4 Å². The van der Waals surface area contributed by atoms with E-state index in [2.05, 4.69) is 0 Å². The lowest BCUT2D eigenvalue weighted by molar-refractivity contribution is -0.282. The highest BCUT2D eigenvalue weighted by atomic mass is 16.7. The van der Waals surface area contributed by atoms with E-state index in [1.807, 2.05) is 26.0 Å². The summed E-state index contributed by atoms with van der Waals surface area (Å²) >= 11 is 0. The van der Waals surface area contributed by atoms with Gasteiger partial charge in [-0.1, -0.05) is 43.3 Å². The molecular formula is C36H40O13. The van der Waals surface area contributed by atoms with Crippen molar-refractivity contribution >= 4 is 35.4 Å². The molecule has 262 valence electrons. The third kappa shape index (κ3) is 6.90. The number of hydrogen-bond donors (Lipinski definition) is 1. The topological polar surface area (TPSA) is 170 Å². The molecule has 2 aromatic rings. The number of aliphatic hydroxyl groups is 1. The molecule has 0 amide bonds. The van der Waals surface area contributed by atoms with Gasteiger partial charge in [-0.15, -0.1) is 0 Å². The van der Waals surface area contributed by atoms with Crippen LogP contribution in [0.1, 0.15) is 77.0 Å². The molecule has 5 rings (SSSR count). The Morgan fingerprint density at radius 2 is 1.47 bits per heavy atom. The van der Waals surface area contributed by atoms with Crippen LogP contribution in [-0.4, -0.2) is 78.2 Å². The Morgan fingerprint density at radius 3 is 2.08 bits per heavy atom. The molecule has 2 unspecified atom stereocenters. The van der Waals surface area contributed by atoms with Gasteiger partial charge in [-0.2, -0.15) is 0 Å². The van der Waals surface area contributed by atoms with Crippen LogP contribution in [0.25, 0.3) is 5.76 Å². The summed E-state index contributed by atoms with van der Waals surface area (Å²) in [6.45, 7) is 8.98. The molecule has 1 fully saturated rings. The predicted molar refractivity (Wildman–Crippen MR) is 169 cm³/mol. The van der Waals surface area contributed by atoms with E-state index in [4.69, 9.17) is 33.2 Å². The fraction of sp³-hybridized carbons (Fsp3) is 0.472. The zero-order valence-corrected chi connectivity index (χ0v) is 28.3. The molecule has 2 aliphatic heterocycles. The maximum Gasteiger partial charge on any atom is 0.339 e. The molecule has 3 aliphatic rings. The highest BCUT2D eigenvalue weighted by molar-refractivity contribution is 6.11. The van der Waals surface area contributed by atoms with Gasteiger partial charge in [-0.3, -0.25) is 19.2 Å². The molecule has 13 heteroatoms. The Kier molecular flexibility index (Phi) is 9.89. The zero-order chi connectivity index (χ0) is 35.8. The van der Waals surface area contributed by atoms with Crippen LogP contribution in [0.5, 0.6) is 5.75 Å². The standard InChI is InChI=1S/C36H40O13/c1-18(36(42)26-11-9-8-10-24(26)27-25(32(36)40)16-17-35(5,6)49-27)22-12-14-23(15-13-22)47-34-31(46-21(4)39)29(45-20(3)38)28(44-19(2)37)30(48-34)33(41)43-7/h8-15,18,28-31,34,42H,16-17H2,1-7H3/t18?,28-,29-,30-,31+,34+,36?/m0/s1. The molecule has 0 radical (unpaired) electrons. The van der Waals surface area contributed by atoms with Crippen molar-refractivity contribution in [2.24, 2.45) is 0 Å². The third-order valence-electron chi connectivity index (χ3n) is 8.93. The van der Waals surface area contributed by atoms with E-state index in [-0.39, 0.29) is 5.75 Å². The van der Waals surface area contributed by atoms with Crippen LogP contribution < -0.4 is 4.74 Å². The second kappa shape index (κ2) is 13.6. The zero-order valence-electron chi connectivity index (χ0n) is 28.3. The minimum atomic E-state index is -1.90. The van der Waals surface area contributed by atoms with Crippen molar-refractivity contribution in [3.63, 3.8) is 0 Å². The molecule has 1 N–H and O–H groups in total. The van der Waals surface area contributed by atoms with Crippen LogP contribution in [0, 0.1) is 0 Å². The number of ether oxygens (including phenoxy) is 7. The summed E-state index contributed by atoms with van der Waals surface area (Å²) in [6.07, 6.45) is -6.60. The van der Waals surface area contributed by atoms with Crippen molar-refractivity contribution in [1.82, 2.24) is 0 Å². The van der Waals surface area contributed by atoms with Crippen LogP contribution in [0.15, 0.2) is 54.1 Å². The molecule has 0 spiro atoms. The molecule has 0 bridgehead atoms. The average molecular weight is 681 g/mol. The Morgan fingerprint density at radius 1 is 0.878 bits per heavy atom. The SMILES string of the molecule is COC(=O)[C@H]1O[C@@H](Oc2ccc(C(C)C3(O)C(=O)C4=C(OC(C)(C)CC4)c4ccccc43)cc2)[C@H](OC(C)=O)[C@@H](OC(C)=O)[C@@H]1OC(C)=O. The second-order valence-electron chi connectivity index (χ2n) is 12.9. The quantitative estimate of drug-likeness (QED) is 0.317. The number of benzene rings is 2. The minimum absolute atomic E-state index is 0.171. The van der Waals surface area contributed by atoms with E-state index >= 15 is 0 Å². The van der Waals surface area contributed by atoms with Crippen molar-refractivity contribution in [3.05, 3.63) is 70.8 Å². The van der Waals surface area contributed by atoms with Gasteiger partial charge in [0.25, 0.3) is 0 Å². The first-order valence-corrected chi connectivity index (χ1v) is 15.9. The molecule has 0 saturated carbocycles. The van der Waals surface area contributed by atoms with E-state index in [9.17, 15) is 29.1 Å². The summed E-state index contributed by atoms with van der Waals surface area (Å²) in [7, 11) is 1.09. The van der Waals surface area contributed by atoms with Gasteiger partial charge in [0.1, 0.15) is 17.1 Å². The summed E-state index contributed by atoms with van der Waals surface area (Å²) in [4.78, 5) is 63.0. The summed E-state index contributed by atoms with van der Waals surface area (Å²) in [5, 5.41) is 12.3. The van der Waals surface area contributed by atoms with Gasteiger partial charge in [0.05, 0.1) is 7.11 Å². The van der Waals surface area contributed by atoms with E-state index < -0.39 is 77.5 Å². The van der Waals surface area contributed by atoms with Crippen molar-refractivity contribution in [2.75, 3.05) is 7.11 Å². The smallest absolute Gasteiger partial charge is 0.339 e. The summed E-state index contributed by atoms with van der Waals surface area (Å²) in [6, 6.07) is 13.6. The van der Waals surface area contributed by atoms with Gasteiger partial charge in [0.15, 0.2) is 29.7 Å². The minimum Gasteiger partial charge on any atom is -0.487 e. The number of methoxy groups -OCH3 is 1. The number of ketones is 1. The van der Waals surface area contributed by atoms with Gasteiger partial charge in [0.2, 0.25) is 12.4 Å². The van der Waals surface area contributed by atoms with Crippen molar-refractivity contribution < 1.29 is 62.2 Å². The maximum atomic E-state index is 14.1. The fourth-order valence-electron chi connectivity index (χ4n) is 6.54. The third-order valence-corrected chi connectivity index (χ3v) is 8.93. The van der Waals surface area contributed by atoms with Crippen molar-refractivity contribution in [3.8, 4) is 5.75 Å². The van der Waals surface area contributed by atoms with Crippen molar-refractivity contribution in [2.45, 2.75) is 102 Å². The van der Waals surface area contributed by atoms with Gasteiger partial charge in [-0.25, -0.2) is 4.79 Å². The van der Waals surface area contributed by atoms with Crippen LogP contribution in [0.4, 0.5) is 0 Å². The van der Waals surface area contributed by atoms with Crippen LogP contribution >= 0.6 is 0 Å². The summed E-state index contributed by atoms with van der Waals surface area (Å²) < 4.78 is 39.1. The lowest BCUT2D eigenvalue weighted by atomic mass is 9.67. The van der Waals surface area contributed by atoms with E-state index in [0.717, 1.165) is 27.9 Å². The maximum absolute atomic E-state index is 14.1. The number of esters is 4. The van der Waals surface area contributed by atoms with Gasteiger partial charge < -0.3 is 38.3 Å². The molecule has 0 aromatic heterocycles. The van der Waals surface area contributed by atoms with Crippen LogP contribution in [-0.2, 0) is 58.0 Å².